The minimum Gasteiger partial charge on any atom is -0.309 e. The second-order valence-corrected chi connectivity index (χ2v) is 18.8. The first-order valence-corrected chi connectivity index (χ1v) is 22.6. The van der Waals surface area contributed by atoms with Crippen LogP contribution in [0.25, 0.3) is 87.6 Å². The molecule has 2 aliphatic rings. The largest absolute Gasteiger partial charge is 0.416 e. The van der Waals surface area contributed by atoms with Crippen LogP contribution in [0.2, 0.25) is 0 Å². The molecule has 0 radical (unpaired) electrons. The van der Waals surface area contributed by atoms with Crippen LogP contribution in [0.3, 0.4) is 0 Å². The van der Waals surface area contributed by atoms with E-state index in [9.17, 15) is 26.3 Å². The molecule has 2 aliphatic heterocycles. The average molecular weight is 891 g/mol. The summed E-state index contributed by atoms with van der Waals surface area (Å²) < 4.78 is 89.2. The van der Waals surface area contributed by atoms with Crippen molar-refractivity contribution in [1.82, 2.24) is 0 Å². The Morgan fingerprint density at radius 3 is 1.10 bits per heavy atom. The van der Waals surface area contributed by atoms with Crippen LogP contribution in [0.1, 0.15) is 44.5 Å². The third-order valence-electron chi connectivity index (χ3n) is 14.3. The van der Waals surface area contributed by atoms with E-state index < -0.39 is 23.5 Å². The third-order valence-corrected chi connectivity index (χ3v) is 14.3. The van der Waals surface area contributed by atoms with E-state index in [-0.39, 0.29) is 0 Å². The molecule has 0 aliphatic carbocycles. The Labute approximate surface area is 383 Å². The van der Waals surface area contributed by atoms with Gasteiger partial charge in [-0.15, -0.1) is 0 Å². The maximum absolute atomic E-state index is 14.8. The molecule has 0 saturated heterocycles. The van der Waals surface area contributed by atoms with E-state index in [1.807, 2.05) is 60.7 Å². The Bertz CT molecular complexity index is 3460. The summed E-state index contributed by atoms with van der Waals surface area (Å²) in [6.45, 7) is 5.35. The average Bonchev–Trinajstić information content (AvgIpc) is 3.55. The van der Waals surface area contributed by atoms with Crippen molar-refractivity contribution >= 4 is 43.1 Å². The van der Waals surface area contributed by atoms with Crippen molar-refractivity contribution in [2.45, 2.75) is 52.4 Å². The van der Waals surface area contributed by atoms with Crippen molar-refractivity contribution in [3.63, 3.8) is 0 Å². The highest BCUT2D eigenvalue weighted by molar-refractivity contribution is 6.12. The number of halogens is 6. The lowest BCUT2D eigenvalue weighted by Gasteiger charge is -2.39. The lowest BCUT2D eigenvalue weighted by Crippen LogP contribution is -2.44. The highest BCUT2D eigenvalue weighted by atomic mass is 19.4. The van der Waals surface area contributed by atoms with Crippen LogP contribution in [-0.4, -0.2) is 4.48 Å². The quantitative estimate of drug-likeness (QED) is 0.120. The van der Waals surface area contributed by atoms with Crippen LogP contribution in [0.4, 0.5) is 26.3 Å². The zero-order valence-electron chi connectivity index (χ0n) is 36.7. The first kappa shape index (κ1) is 41.2. The van der Waals surface area contributed by atoms with Gasteiger partial charge in [0.1, 0.15) is 26.2 Å². The van der Waals surface area contributed by atoms with Crippen LogP contribution in [-0.2, 0) is 38.5 Å². The fraction of sp³-hybridized carbons (Fsp3) is 0.133. The highest BCUT2D eigenvalue weighted by Gasteiger charge is 2.42. The SMILES string of the molecule is Cc1cc(-c2cc3ccccc3c3c2C[N+]2(Cc4ccc5ccccc5c4-c4c(ccc5ccccc45)C2)Cc2c(-c4cc(C)cc(C(F)(F)F)c4)cc4ccccc4c2-3)cc(C(F)(F)F)c1. The molecule has 328 valence electrons. The maximum Gasteiger partial charge on any atom is 0.416 e. The van der Waals surface area contributed by atoms with E-state index in [0.717, 1.165) is 87.6 Å². The molecule has 1 spiro atoms. The zero-order valence-corrected chi connectivity index (χ0v) is 36.7. The van der Waals surface area contributed by atoms with Gasteiger partial charge in [0.25, 0.3) is 0 Å². The Kier molecular flexibility index (Phi) is 9.17. The summed E-state index contributed by atoms with van der Waals surface area (Å²) in [6.07, 6.45) is -9.15. The summed E-state index contributed by atoms with van der Waals surface area (Å²) in [5, 5.41) is 8.07. The highest BCUT2D eigenvalue weighted by Crippen LogP contribution is 2.54. The van der Waals surface area contributed by atoms with Gasteiger partial charge in [-0.05, 0) is 138 Å². The van der Waals surface area contributed by atoms with E-state index in [0.29, 0.717) is 64.0 Å². The van der Waals surface area contributed by atoms with Crippen LogP contribution < -0.4 is 0 Å². The molecule has 2 heterocycles. The van der Waals surface area contributed by atoms with E-state index in [2.05, 4.69) is 84.9 Å². The number of quaternary nitrogens is 1. The van der Waals surface area contributed by atoms with Gasteiger partial charge < -0.3 is 4.48 Å². The molecule has 0 unspecified atom stereocenters. The fourth-order valence-electron chi connectivity index (χ4n) is 11.6. The molecule has 0 bridgehead atoms. The number of hydrogen-bond acceptors (Lipinski definition) is 0. The number of hydrogen-bond donors (Lipinski definition) is 0. The van der Waals surface area contributed by atoms with Gasteiger partial charge in [0.05, 0.1) is 11.1 Å². The van der Waals surface area contributed by atoms with Crippen molar-refractivity contribution < 1.29 is 30.8 Å². The first-order chi connectivity index (χ1) is 32.2. The number of fused-ring (bicyclic) bond motifs is 14. The third kappa shape index (κ3) is 6.81. The van der Waals surface area contributed by atoms with Crippen molar-refractivity contribution in [3.8, 4) is 44.5 Å². The van der Waals surface area contributed by atoms with Crippen LogP contribution in [0.5, 0.6) is 0 Å². The number of aryl methyl sites for hydroxylation is 2. The van der Waals surface area contributed by atoms with Gasteiger partial charge in [-0.25, -0.2) is 0 Å². The number of benzene rings is 10. The smallest absolute Gasteiger partial charge is 0.309 e. The molecule has 0 saturated carbocycles. The topological polar surface area (TPSA) is 0 Å². The Hall–Kier alpha value is -7.22. The Balaban J connectivity index is 1.26. The summed E-state index contributed by atoms with van der Waals surface area (Å²) >= 11 is 0. The minimum atomic E-state index is -4.58. The van der Waals surface area contributed by atoms with Gasteiger partial charge in [-0.3, -0.25) is 0 Å². The summed E-state index contributed by atoms with van der Waals surface area (Å²) in [5.74, 6) is 0. The molecule has 0 N–H and O–H groups in total. The molecular weight excluding hydrogens is 849 g/mol. The van der Waals surface area contributed by atoms with E-state index in [1.54, 1.807) is 13.8 Å². The second kappa shape index (κ2) is 14.9. The zero-order chi connectivity index (χ0) is 46.0. The number of alkyl halides is 6. The molecular formula is C60H42F6N+. The minimum absolute atomic E-state index is 0.420. The van der Waals surface area contributed by atoms with Crippen LogP contribution in [0, 0.1) is 13.8 Å². The maximum atomic E-state index is 14.8. The number of nitrogens with zero attached hydrogens (tertiary/aromatic N) is 1. The van der Waals surface area contributed by atoms with Crippen molar-refractivity contribution in [2.24, 2.45) is 0 Å². The van der Waals surface area contributed by atoms with Gasteiger partial charge in [-0.2, -0.15) is 26.3 Å². The molecule has 0 fully saturated rings. The molecule has 0 atom stereocenters. The summed E-state index contributed by atoms with van der Waals surface area (Å²) in [6, 6.07) is 54.5. The molecule has 0 amide bonds. The Morgan fingerprint density at radius 2 is 0.716 bits per heavy atom. The number of rotatable bonds is 2. The molecule has 0 aromatic heterocycles. The van der Waals surface area contributed by atoms with Crippen LogP contribution in [0.15, 0.2) is 170 Å². The predicted octanol–water partition coefficient (Wildman–Crippen LogP) is 17.2. The summed E-state index contributed by atoms with van der Waals surface area (Å²) in [4.78, 5) is 0. The molecule has 67 heavy (non-hydrogen) atoms. The van der Waals surface area contributed by atoms with Gasteiger partial charge in [-0.1, -0.05) is 133 Å². The second-order valence-electron chi connectivity index (χ2n) is 18.8. The van der Waals surface area contributed by atoms with Crippen molar-refractivity contribution in [2.75, 3.05) is 0 Å². The lowest BCUT2D eigenvalue weighted by atomic mass is 9.81. The summed E-state index contributed by atoms with van der Waals surface area (Å²) in [5.41, 5.74) is 10.1. The van der Waals surface area contributed by atoms with E-state index in [4.69, 9.17) is 0 Å². The molecule has 12 rings (SSSR count). The lowest BCUT2D eigenvalue weighted by molar-refractivity contribution is -0.977. The standard InChI is InChI=1S/C60H42F6N/c1-35-23-43(27-45(25-35)59(61,62)63)51-29-39-13-5-9-17-49(39)57-53(51)33-67(34-54-52(30-40-14-6-10-18-50(40)58(54)57)44-24-36(2)26-46(28-44)60(64,65)66)31-41-21-19-37-11-3-7-15-47(37)55(41)56-42(32-67)22-20-38-12-4-8-16-48(38)56/h3-30H,31-34H2,1-2H3/q+1. The van der Waals surface area contributed by atoms with Gasteiger partial charge in [0.2, 0.25) is 0 Å². The molecule has 1 nitrogen and oxygen atoms in total. The fourth-order valence-corrected chi connectivity index (χ4v) is 11.6. The predicted molar refractivity (Wildman–Crippen MR) is 259 cm³/mol. The van der Waals surface area contributed by atoms with Gasteiger partial charge in [0, 0.05) is 33.4 Å². The van der Waals surface area contributed by atoms with Gasteiger partial charge in [0.15, 0.2) is 0 Å². The van der Waals surface area contributed by atoms with Gasteiger partial charge >= 0.3 is 12.4 Å². The summed E-state index contributed by atoms with van der Waals surface area (Å²) in [7, 11) is 0. The van der Waals surface area contributed by atoms with E-state index >= 15 is 0 Å². The Morgan fingerprint density at radius 1 is 0.358 bits per heavy atom. The molecule has 7 heteroatoms. The van der Waals surface area contributed by atoms with Crippen molar-refractivity contribution in [1.29, 1.82) is 0 Å². The molecule has 10 aromatic carbocycles. The first-order valence-electron chi connectivity index (χ1n) is 22.6. The van der Waals surface area contributed by atoms with Crippen LogP contribution >= 0.6 is 0 Å². The van der Waals surface area contributed by atoms with E-state index in [1.165, 1.54) is 24.3 Å². The van der Waals surface area contributed by atoms with Crippen molar-refractivity contribution in [3.05, 3.63) is 214 Å². The monoisotopic (exact) mass is 890 g/mol. The normalized spacial score (nSPS) is 14.4. The molecule has 10 aromatic rings.